The number of amides is 1. The second kappa shape index (κ2) is 7.96. The van der Waals surface area contributed by atoms with Crippen LogP contribution < -0.4 is 9.47 Å². The molecule has 7 nitrogen and oxygen atoms in total. The molecule has 28 heavy (non-hydrogen) atoms. The van der Waals surface area contributed by atoms with Crippen molar-refractivity contribution in [1.82, 2.24) is 9.88 Å². The molecule has 2 heterocycles. The summed E-state index contributed by atoms with van der Waals surface area (Å²) in [6, 6.07) is 5.49. The standard InChI is InChI=1S/C21H26N2O5/c1-12-18(21(25)28-5)13(2)22-19(12)20(24)23-10-6-7-16(23)15-11-14(26-3)8-9-17(15)27-4/h8-9,11,16,22H,6-7,10H2,1-5H3/t16-/m0/s1. The molecule has 1 N–H and O–H groups in total. The quantitative estimate of drug-likeness (QED) is 0.797. The van der Waals surface area contributed by atoms with Gasteiger partial charge in [-0.05, 0) is 50.5 Å². The highest BCUT2D eigenvalue weighted by molar-refractivity contribution is 6.00. The van der Waals surface area contributed by atoms with Gasteiger partial charge >= 0.3 is 5.97 Å². The average molecular weight is 386 g/mol. The van der Waals surface area contributed by atoms with E-state index >= 15 is 0 Å². The topological polar surface area (TPSA) is 80.9 Å². The Morgan fingerprint density at radius 1 is 1.14 bits per heavy atom. The number of nitrogens with one attached hydrogen (secondary N) is 1. The first kappa shape index (κ1) is 19.8. The average Bonchev–Trinajstić information content (AvgIpc) is 3.31. The lowest BCUT2D eigenvalue weighted by atomic mass is 10.0. The number of carbonyl (C=O) groups is 2. The van der Waals surface area contributed by atoms with Crippen LogP contribution in [-0.4, -0.2) is 49.6 Å². The van der Waals surface area contributed by atoms with Gasteiger partial charge < -0.3 is 24.1 Å². The molecule has 0 spiro atoms. The minimum absolute atomic E-state index is 0.123. The van der Waals surface area contributed by atoms with E-state index in [1.54, 1.807) is 28.1 Å². The molecule has 1 atom stereocenters. The molecule has 1 aromatic carbocycles. The summed E-state index contributed by atoms with van der Waals surface area (Å²) in [7, 11) is 4.57. The Balaban J connectivity index is 1.98. The van der Waals surface area contributed by atoms with E-state index < -0.39 is 5.97 Å². The largest absolute Gasteiger partial charge is 0.497 e. The Morgan fingerprint density at radius 2 is 1.89 bits per heavy atom. The number of ether oxygens (including phenoxy) is 3. The highest BCUT2D eigenvalue weighted by atomic mass is 16.5. The Bertz CT molecular complexity index is 902. The van der Waals surface area contributed by atoms with Crippen LogP contribution in [0.1, 0.15) is 56.6 Å². The third-order valence-electron chi connectivity index (χ3n) is 5.35. The van der Waals surface area contributed by atoms with Crippen LogP contribution in [0.2, 0.25) is 0 Å². The molecule has 2 aromatic rings. The molecular weight excluding hydrogens is 360 g/mol. The van der Waals surface area contributed by atoms with Gasteiger partial charge in [-0.25, -0.2) is 4.79 Å². The van der Waals surface area contributed by atoms with Gasteiger partial charge in [0.1, 0.15) is 17.2 Å². The van der Waals surface area contributed by atoms with Gasteiger partial charge in [-0.1, -0.05) is 0 Å². The zero-order chi connectivity index (χ0) is 20.4. The fraction of sp³-hybridized carbons (Fsp3) is 0.429. The number of carbonyl (C=O) groups excluding carboxylic acids is 2. The van der Waals surface area contributed by atoms with E-state index in [-0.39, 0.29) is 11.9 Å². The van der Waals surface area contributed by atoms with E-state index in [2.05, 4.69) is 4.98 Å². The van der Waals surface area contributed by atoms with Crippen molar-refractivity contribution in [2.75, 3.05) is 27.9 Å². The molecule has 0 bridgehead atoms. The van der Waals surface area contributed by atoms with Gasteiger partial charge in [-0.2, -0.15) is 0 Å². The minimum atomic E-state index is -0.447. The molecule has 150 valence electrons. The fourth-order valence-corrected chi connectivity index (χ4v) is 3.95. The number of benzene rings is 1. The molecule has 1 amide bonds. The van der Waals surface area contributed by atoms with Gasteiger partial charge in [0.05, 0.1) is 32.9 Å². The number of likely N-dealkylation sites (tertiary alicyclic amines) is 1. The van der Waals surface area contributed by atoms with Gasteiger partial charge in [0.15, 0.2) is 0 Å². The van der Waals surface area contributed by atoms with E-state index in [1.807, 2.05) is 23.1 Å². The number of aryl methyl sites for hydroxylation is 1. The molecule has 1 saturated heterocycles. The van der Waals surface area contributed by atoms with Crippen molar-refractivity contribution in [2.24, 2.45) is 0 Å². The number of aromatic nitrogens is 1. The first-order chi connectivity index (χ1) is 13.4. The predicted octanol–water partition coefficient (Wildman–Crippen LogP) is 3.41. The van der Waals surface area contributed by atoms with Crippen molar-refractivity contribution in [3.8, 4) is 11.5 Å². The van der Waals surface area contributed by atoms with Crippen molar-refractivity contribution in [3.63, 3.8) is 0 Å². The van der Waals surface area contributed by atoms with Crippen molar-refractivity contribution in [1.29, 1.82) is 0 Å². The Morgan fingerprint density at radius 3 is 2.54 bits per heavy atom. The van der Waals surface area contributed by atoms with Gasteiger partial charge in [0.25, 0.3) is 5.91 Å². The number of rotatable bonds is 5. The maximum atomic E-state index is 13.4. The predicted molar refractivity (Wildman–Crippen MR) is 104 cm³/mol. The highest BCUT2D eigenvalue weighted by Gasteiger charge is 2.35. The summed E-state index contributed by atoms with van der Waals surface area (Å²) in [5.41, 5.74) is 2.99. The van der Waals surface area contributed by atoms with Crippen molar-refractivity contribution in [2.45, 2.75) is 32.7 Å². The lowest BCUT2D eigenvalue weighted by Gasteiger charge is -2.26. The third-order valence-corrected chi connectivity index (χ3v) is 5.35. The van der Waals surface area contributed by atoms with Crippen molar-refractivity contribution in [3.05, 3.63) is 46.3 Å². The molecule has 1 fully saturated rings. The molecule has 0 radical (unpaired) electrons. The van der Waals surface area contributed by atoms with Crippen LogP contribution in [0.15, 0.2) is 18.2 Å². The summed E-state index contributed by atoms with van der Waals surface area (Å²) in [4.78, 5) is 30.3. The Kier molecular flexibility index (Phi) is 5.63. The summed E-state index contributed by atoms with van der Waals surface area (Å²) in [5.74, 6) is 0.857. The number of hydrogen-bond acceptors (Lipinski definition) is 5. The summed E-state index contributed by atoms with van der Waals surface area (Å²) in [6.07, 6.45) is 1.72. The van der Waals surface area contributed by atoms with Crippen molar-refractivity contribution < 1.29 is 23.8 Å². The Hall–Kier alpha value is -2.96. The first-order valence-electron chi connectivity index (χ1n) is 9.23. The molecular formula is C21H26N2O5. The van der Waals surface area contributed by atoms with Gasteiger partial charge in [0, 0.05) is 17.8 Å². The number of nitrogens with zero attached hydrogens (tertiary/aromatic N) is 1. The molecule has 1 aromatic heterocycles. The highest BCUT2D eigenvalue weighted by Crippen LogP contribution is 2.40. The number of aromatic amines is 1. The van der Waals surface area contributed by atoms with E-state index in [9.17, 15) is 9.59 Å². The summed E-state index contributed by atoms with van der Waals surface area (Å²) >= 11 is 0. The van der Waals surface area contributed by atoms with E-state index in [1.165, 1.54) is 7.11 Å². The number of hydrogen-bond donors (Lipinski definition) is 1. The van der Waals surface area contributed by atoms with Gasteiger partial charge in [-0.15, -0.1) is 0 Å². The van der Waals surface area contributed by atoms with Gasteiger partial charge in [0.2, 0.25) is 0 Å². The fourth-order valence-electron chi connectivity index (χ4n) is 3.95. The lowest BCUT2D eigenvalue weighted by Crippen LogP contribution is -2.31. The monoisotopic (exact) mass is 386 g/mol. The third kappa shape index (κ3) is 3.32. The normalized spacial score (nSPS) is 16.2. The molecule has 7 heteroatoms. The maximum Gasteiger partial charge on any atom is 0.339 e. The molecule has 0 saturated carbocycles. The molecule has 3 rings (SSSR count). The SMILES string of the molecule is COC(=O)c1c(C)[nH]c(C(=O)N2CCC[C@H]2c2cc(OC)ccc2OC)c1C. The van der Waals surface area contributed by atoms with E-state index in [0.717, 1.165) is 29.9 Å². The van der Waals surface area contributed by atoms with Crippen LogP contribution in [0.5, 0.6) is 11.5 Å². The van der Waals surface area contributed by atoms with E-state index in [4.69, 9.17) is 14.2 Å². The molecule has 1 aliphatic rings. The zero-order valence-corrected chi connectivity index (χ0v) is 16.9. The molecule has 1 aliphatic heterocycles. The first-order valence-corrected chi connectivity index (χ1v) is 9.23. The zero-order valence-electron chi connectivity index (χ0n) is 16.9. The van der Waals surface area contributed by atoms with E-state index in [0.29, 0.717) is 29.1 Å². The van der Waals surface area contributed by atoms with Crippen molar-refractivity contribution >= 4 is 11.9 Å². The molecule has 0 aliphatic carbocycles. The number of esters is 1. The number of methoxy groups -OCH3 is 3. The van der Waals surface area contributed by atoms with Crippen LogP contribution in [0.25, 0.3) is 0 Å². The summed E-state index contributed by atoms with van der Waals surface area (Å²) in [6.45, 7) is 4.16. The Labute approximate surface area is 164 Å². The minimum Gasteiger partial charge on any atom is -0.497 e. The van der Waals surface area contributed by atoms with Crippen LogP contribution in [0.4, 0.5) is 0 Å². The van der Waals surface area contributed by atoms with Gasteiger partial charge in [-0.3, -0.25) is 4.79 Å². The lowest BCUT2D eigenvalue weighted by molar-refractivity contribution is 0.0599. The number of H-pyrrole nitrogens is 1. The van der Waals surface area contributed by atoms with Crippen LogP contribution in [0, 0.1) is 13.8 Å². The summed E-state index contributed by atoms with van der Waals surface area (Å²) < 4.78 is 15.7. The smallest absolute Gasteiger partial charge is 0.339 e. The van der Waals surface area contributed by atoms with Crippen LogP contribution >= 0.6 is 0 Å². The summed E-state index contributed by atoms with van der Waals surface area (Å²) in [5, 5.41) is 0. The molecule has 0 unspecified atom stereocenters. The van der Waals surface area contributed by atoms with Crippen LogP contribution in [0.3, 0.4) is 0 Å². The second-order valence-corrected chi connectivity index (χ2v) is 6.88. The van der Waals surface area contributed by atoms with Crippen LogP contribution in [-0.2, 0) is 4.74 Å². The second-order valence-electron chi connectivity index (χ2n) is 6.88. The maximum absolute atomic E-state index is 13.4.